The zero-order chi connectivity index (χ0) is 22.1. The van der Waals surface area contributed by atoms with E-state index in [0.29, 0.717) is 5.58 Å². The molecule has 0 radical (unpaired) electrons. The summed E-state index contributed by atoms with van der Waals surface area (Å²) in [6.45, 7) is 5.22. The molecule has 0 spiro atoms. The van der Waals surface area contributed by atoms with Gasteiger partial charge in [0.05, 0.1) is 0 Å². The van der Waals surface area contributed by atoms with E-state index < -0.39 is 5.91 Å². The first-order valence-corrected chi connectivity index (χ1v) is 11.2. The van der Waals surface area contributed by atoms with E-state index in [9.17, 15) is 4.79 Å². The Morgan fingerprint density at radius 2 is 1.88 bits per heavy atom. The lowest BCUT2D eigenvalue weighted by molar-refractivity contribution is 0.0976. The number of carbonyl (C=O) groups excluding carboxylic acids is 1. The van der Waals surface area contributed by atoms with E-state index in [0.717, 1.165) is 61.4 Å². The zero-order valence-corrected chi connectivity index (χ0v) is 18.1. The van der Waals surface area contributed by atoms with Gasteiger partial charge in [0.15, 0.2) is 5.76 Å². The van der Waals surface area contributed by atoms with Gasteiger partial charge in [-0.3, -0.25) is 9.69 Å². The molecule has 32 heavy (non-hydrogen) atoms. The van der Waals surface area contributed by atoms with Crippen LogP contribution < -0.4 is 16.4 Å². The molecule has 0 unspecified atom stereocenters. The Morgan fingerprint density at radius 1 is 1.03 bits per heavy atom. The summed E-state index contributed by atoms with van der Waals surface area (Å²) >= 11 is 0. The van der Waals surface area contributed by atoms with Gasteiger partial charge in [0.2, 0.25) is 0 Å². The van der Waals surface area contributed by atoms with Gasteiger partial charge in [-0.15, -0.1) is 0 Å². The van der Waals surface area contributed by atoms with Crippen LogP contribution in [0.4, 0.5) is 11.4 Å². The predicted octanol–water partition coefficient (Wildman–Crippen LogP) is 3.74. The second-order valence-electron chi connectivity index (χ2n) is 8.60. The van der Waals surface area contributed by atoms with Crippen LogP contribution in [0.1, 0.15) is 29.0 Å². The molecule has 1 amide bonds. The maximum atomic E-state index is 11.3. The molecule has 7 nitrogen and oxygen atoms in total. The Bertz CT molecular complexity index is 1250. The number of rotatable bonds is 7. The number of nitrogens with two attached hydrogens (primary N) is 2. The van der Waals surface area contributed by atoms with E-state index in [-0.39, 0.29) is 5.76 Å². The summed E-state index contributed by atoms with van der Waals surface area (Å²) in [5.74, 6) is -0.330. The number of piperazine rings is 1. The Kier molecular flexibility index (Phi) is 5.49. The molecule has 0 atom stereocenters. The molecule has 7 heteroatoms. The lowest BCUT2D eigenvalue weighted by Crippen LogP contribution is -2.46. The summed E-state index contributed by atoms with van der Waals surface area (Å²) in [6.07, 6.45) is 5.54. The third-order valence-corrected chi connectivity index (χ3v) is 6.44. The normalized spacial score (nSPS) is 15.1. The fraction of sp³-hybridized carbons (Fsp3) is 0.320. The lowest BCUT2D eigenvalue weighted by atomic mass is 10.1. The number of hydrogen-bond donors (Lipinski definition) is 3. The van der Waals surface area contributed by atoms with Crippen LogP contribution in [0, 0.1) is 0 Å². The molecule has 1 saturated heterocycles. The van der Waals surface area contributed by atoms with Gasteiger partial charge in [-0.05, 0) is 73.8 Å². The number of H-pyrrole nitrogens is 1. The third-order valence-electron chi connectivity index (χ3n) is 6.44. The lowest BCUT2D eigenvalue weighted by Gasteiger charge is -2.36. The number of nitrogen functional groups attached to an aromatic ring is 1. The monoisotopic (exact) mass is 431 g/mol. The topological polar surface area (TPSA) is 105 Å². The van der Waals surface area contributed by atoms with Gasteiger partial charge >= 0.3 is 0 Å². The number of aryl methyl sites for hydroxylation is 1. The first-order chi connectivity index (χ1) is 15.6. The molecule has 1 fully saturated rings. The van der Waals surface area contributed by atoms with Crippen LogP contribution in [0.3, 0.4) is 0 Å². The summed E-state index contributed by atoms with van der Waals surface area (Å²) in [5.41, 5.74) is 16.5. The molecule has 1 aliphatic heterocycles. The average Bonchev–Trinajstić information content (AvgIpc) is 3.40. The van der Waals surface area contributed by atoms with Gasteiger partial charge < -0.3 is 25.8 Å². The first-order valence-electron chi connectivity index (χ1n) is 11.2. The molecular weight excluding hydrogens is 402 g/mol. The standard InChI is InChI=1S/C25H29N5O2/c26-19-4-6-22-21(15-19)17(16-28-22)3-1-2-8-29-9-11-30(12-10-29)20-5-7-23-18(13-20)14-24(32-23)25(27)31/h4-7,13-16,28H,1-3,8-12,26H2,(H2,27,31). The molecule has 0 aliphatic carbocycles. The Morgan fingerprint density at radius 3 is 2.69 bits per heavy atom. The van der Waals surface area contributed by atoms with Crippen molar-refractivity contribution in [3.05, 3.63) is 60.0 Å². The van der Waals surface area contributed by atoms with Crippen LogP contribution in [0.15, 0.2) is 53.1 Å². The molecule has 166 valence electrons. The zero-order valence-electron chi connectivity index (χ0n) is 18.1. The average molecular weight is 432 g/mol. The van der Waals surface area contributed by atoms with E-state index in [2.05, 4.69) is 45.2 Å². The number of nitrogens with zero attached hydrogens (tertiary/aromatic N) is 2. The summed E-state index contributed by atoms with van der Waals surface area (Å²) in [6, 6.07) is 13.8. The summed E-state index contributed by atoms with van der Waals surface area (Å²) in [5, 5.41) is 2.16. The minimum Gasteiger partial charge on any atom is -0.451 e. The number of hydrogen-bond acceptors (Lipinski definition) is 5. The van der Waals surface area contributed by atoms with Crippen LogP contribution in [0.2, 0.25) is 0 Å². The number of aromatic amines is 1. The molecule has 2 aromatic heterocycles. The molecule has 0 bridgehead atoms. The van der Waals surface area contributed by atoms with Crippen LogP contribution in [0.5, 0.6) is 0 Å². The maximum absolute atomic E-state index is 11.3. The van der Waals surface area contributed by atoms with Crippen molar-refractivity contribution in [3.63, 3.8) is 0 Å². The predicted molar refractivity (Wildman–Crippen MR) is 129 cm³/mol. The smallest absolute Gasteiger partial charge is 0.284 e. The summed E-state index contributed by atoms with van der Waals surface area (Å²) in [7, 11) is 0. The van der Waals surface area contributed by atoms with Crippen molar-refractivity contribution in [3.8, 4) is 0 Å². The van der Waals surface area contributed by atoms with E-state index in [1.54, 1.807) is 6.07 Å². The number of nitrogens with one attached hydrogen (secondary N) is 1. The molecule has 4 aromatic rings. The van der Waals surface area contributed by atoms with Gasteiger partial charge in [-0.25, -0.2) is 0 Å². The third kappa shape index (κ3) is 4.16. The second kappa shape index (κ2) is 8.59. The quantitative estimate of drug-likeness (QED) is 0.305. The van der Waals surface area contributed by atoms with Crippen LogP contribution in [-0.4, -0.2) is 48.5 Å². The number of fused-ring (bicyclic) bond motifs is 2. The SMILES string of the molecule is NC(=O)c1cc2cc(N3CCN(CCCCc4c[nH]c5ccc(N)cc45)CC3)ccc2o1. The van der Waals surface area contributed by atoms with Crippen molar-refractivity contribution in [1.29, 1.82) is 0 Å². The molecule has 0 saturated carbocycles. The van der Waals surface area contributed by atoms with E-state index in [1.807, 2.05) is 12.1 Å². The second-order valence-corrected chi connectivity index (χ2v) is 8.60. The number of primary amides is 1. The van der Waals surface area contributed by atoms with Crippen LogP contribution in [-0.2, 0) is 6.42 Å². The van der Waals surface area contributed by atoms with Gasteiger partial charge in [-0.1, -0.05) is 0 Å². The van der Waals surface area contributed by atoms with Gasteiger partial charge in [-0.2, -0.15) is 0 Å². The van der Waals surface area contributed by atoms with Crippen molar-refractivity contribution in [2.45, 2.75) is 19.3 Å². The van der Waals surface area contributed by atoms with Crippen LogP contribution in [0.25, 0.3) is 21.9 Å². The number of carbonyl (C=O) groups is 1. The highest BCUT2D eigenvalue weighted by Gasteiger charge is 2.18. The largest absolute Gasteiger partial charge is 0.451 e. The Hall–Kier alpha value is -3.45. The fourth-order valence-electron chi connectivity index (χ4n) is 4.63. The van der Waals surface area contributed by atoms with Crippen molar-refractivity contribution >= 4 is 39.2 Å². The Labute approximate surface area is 186 Å². The van der Waals surface area contributed by atoms with Crippen molar-refractivity contribution in [2.75, 3.05) is 43.4 Å². The summed E-state index contributed by atoms with van der Waals surface area (Å²) in [4.78, 5) is 19.6. The Balaban J connectivity index is 1.10. The van der Waals surface area contributed by atoms with E-state index >= 15 is 0 Å². The van der Waals surface area contributed by atoms with Gasteiger partial charge in [0.1, 0.15) is 5.58 Å². The minimum atomic E-state index is -0.537. The fourth-order valence-corrected chi connectivity index (χ4v) is 4.63. The number of benzene rings is 2. The first kappa shape index (κ1) is 20.5. The maximum Gasteiger partial charge on any atom is 0.284 e. The molecular formula is C25H29N5O2. The highest BCUT2D eigenvalue weighted by atomic mass is 16.3. The highest BCUT2D eigenvalue weighted by molar-refractivity contribution is 5.95. The van der Waals surface area contributed by atoms with Crippen molar-refractivity contribution < 1.29 is 9.21 Å². The molecule has 2 aromatic carbocycles. The molecule has 5 N–H and O–H groups in total. The van der Waals surface area contributed by atoms with Gasteiger partial charge in [0.25, 0.3) is 5.91 Å². The number of furan rings is 1. The number of aromatic nitrogens is 1. The molecule has 3 heterocycles. The van der Waals surface area contributed by atoms with Crippen molar-refractivity contribution in [2.24, 2.45) is 5.73 Å². The number of unbranched alkanes of at least 4 members (excludes halogenated alkanes) is 1. The van der Waals surface area contributed by atoms with E-state index in [4.69, 9.17) is 15.9 Å². The van der Waals surface area contributed by atoms with Crippen molar-refractivity contribution in [1.82, 2.24) is 9.88 Å². The van der Waals surface area contributed by atoms with Gasteiger partial charge in [0, 0.05) is 60.0 Å². The number of anilines is 2. The highest BCUT2D eigenvalue weighted by Crippen LogP contribution is 2.26. The summed E-state index contributed by atoms with van der Waals surface area (Å²) < 4.78 is 5.49. The van der Waals surface area contributed by atoms with Crippen LogP contribution >= 0.6 is 0 Å². The molecule has 1 aliphatic rings. The number of amides is 1. The van der Waals surface area contributed by atoms with E-state index in [1.165, 1.54) is 23.8 Å². The molecule has 5 rings (SSSR count). The minimum absolute atomic E-state index is 0.207.